The molecule has 0 amide bonds. The molecule has 0 aliphatic carbocycles. The summed E-state index contributed by atoms with van der Waals surface area (Å²) in [5, 5.41) is 38.5. The zero-order valence-corrected chi connectivity index (χ0v) is 26.7. The summed E-state index contributed by atoms with van der Waals surface area (Å²) in [6.07, 6.45) is 1.60. The number of para-hydroxylation sites is 1. The molecule has 244 valence electrons. The minimum absolute atomic E-state index is 0.0293. The van der Waals surface area contributed by atoms with Gasteiger partial charge in [0.15, 0.2) is 0 Å². The molecule has 0 fully saturated rings. The highest BCUT2D eigenvalue weighted by Gasteiger charge is 2.19. The van der Waals surface area contributed by atoms with Crippen molar-refractivity contribution >= 4 is 63.5 Å². The van der Waals surface area contributed by atoms with Gasteiger partial charge in [0.25, 0.3) is 10.1 Å². The van der Waals surface area contributed by atoms with Crippen molar-refractivity contribution in [2.45, 2.75) is 42.8 Å². The first-order valence-corrected chi connectivity index (χ1v) is 16.1. The van der Waals surface area contributed by atoms with Gasteiger partial charge >= 0.3 is 0 Å². The van der Waals surface area contributed by atoms with E-state index in [9.17, 15) is 23.2 Å². The van der Waals surface area contributed by atoms with Gasteiger partial charge in [-0.15, -0.1) is 4.33 Å². The second-order valence-electron chi connectivity index (χ2n) is 10.3. The Morgan fingerprint density at radius 1 is 0.870 bits per heavy atom. The zero-order chi connectivity index (χ0) is 33.3. The van der Waals surface area contributed by atoms with Gasteiger partial charge in [-0.05, 0) is 67.8 Å². The number of benzene rings is 3. The minimum Gasteiger partial charge on any atom is -0.392 e. The van der Waals surface area contributed by atoms with E-state index in [0.717, 1.165) is 17.6 Å². The van der Waals surface area contributed by atoms with Crippen LogP contribution in [0.15, 0.2) is 76.5 Å². The number of aliphatic hydroxyl groups excluding tert-OH is 2. The molecule has 0 spiro atoms. The highest BCUT2D eigenvalue weighted by atomic mass is 32.2. The summed E-state index contributed by atoms with van der Waals surface area (Å²) in [5.41, 5.74) is 2.67. The summed E-state index contributed by atoms with van der Waals surface area (Å²) in [5.74, 6) is 0.327. The molecule has 0 bridgehead atoms. The highest BCUT2D eigenvalue weighted by Crippen LogP contribution is 2.29. The van der Waals surface area contributed by atoms with E-state index in [0.29, 0.717) is 16.1 Å². The Hall–Kier alpha value is -4.13. The molecule has 0 saturated heterocycles. The monoisotopic (exact) mass is 670 g/mol. The summed E-state index contributed by atoms with van der Waals surface area (Å²) in [7, 11) is -4.68. The molecule has 3 aromatic carbocycles. The van der Waals surface area contributed by atoms with Crippen molar-refractivity contribution in [3.05, 3.63) is 83.4 Å². The summed E-state index contributed by atoms with van der Waals surface area (Å²) in [4.78, 5) is 15.2. The van der Waals surface area contributed by atoms with Crippen LogP contribution in [0.1, 0.15) is 30.5 Å². The summed E-state index contributed by atoms with van der Waals surface area (Å²) >= 11 is 0.764. The maximum absolute atomic E-state index is 12.4. The lowest BCUT2D eigenvalue weighted by molar-refractivity contribution is -0.432. The molecular weight excluding hydrogens is 636 g/mol. The predicted molar refractivity (Wildman–Crippen MR) is 175 cm³/mol. The third kappa shape index (κ3) is 10.2. The van der Waals surface area contributed by atoms with Gasteiger partial charge in [-0.3, -0.25) is 4.55 Å². The Morgan fingerprint density at radius 2 is 1.48 bits per heavy atom. The number of nitrogens with one attached hydrogen (secondary N) is 2. The summed E-state index contributed by atoms with van der Waals surface area (Å²) in [6.45, 7) is 5.30. The fourth-order valence-electron chi connectivity index (χ4n) is 4.33. The molecule has 46 heavy (non-hydrogen) atoms. The van der Waals surface area contributed by atoms with Crippen LogP contribution < -0.4 is 15.5 Å². The van der Waals surface area contributed by atoms with Crippen molar-refractivity contribution in [1.82, 2.24) is 15.0 Å². The lowest BCUT2D eigenvalue weighted by Crippen LogP contribution is -2.37. The van der Waals surface area contributed by atoms with Crippen LogP contribution in [0.4, 0.5) is 29.2 Å². The van der Waals surface area contributed by atoms with Crippen LogP contribution in [0.5, 0.6) is 0 Å². The molecule has 2 unspecified atom stereocenters. The molecule has 1 aromatic heterocycles. The third-order valence-electron chi connectivity index (χ3n) is 6.22. The number of aromatic nitrogens is 3. The number of hydrogen-bond donors (Lipinski definition) is 6. The van der Waals surface area contributed by atoms with Crippen LogP contribution in [0.2, 0.25) is 0 Å². The average Bonchev–Trinajstić information content (AvgIpc) is 2.99. The average molecular weight is 671 g/mol. The topological polar surface area (TPSA) is 199 Å². The number of aliphatic hydroxyl groups is 2. The summed E-state index contributed by atoms with van der Waals surface area (Å²) < 4.78 is 39.6. The molecule has 0 aliphatic heterocycles. The van der Waals surface area contributed by atoms with Crippen LogP contribution in [-0.2, 0) is 19.5 Å². The van der Waals surface area contributed by atoms with Crippen molar-refractivity contribution in [2.75, 3.05) is 28.6 Å². The SMILES string of the molecule is Cc1ccc(/C=C/c2ccc(Nc3nc(Nc4ccccc4)nc(N(CC(C)O)CC(C)O)n3)cc2S(=O)(=O)O)c(SOOO)c1. The molecule has 14 nitrogen and oxygen atoms in total. The molecule has 0 aliphatic rings. The normalized spacial score (nSPS) is 13.0. The zero-order valence-electron chi connectivity index (χ0n) is 25.1. The van der Waals surface area contributed by atoms with Gasteiger partial charge < -0.3 is 25.7 Å². The van der Waals surface area contributed by atoms with E-state index < -0.39 is 22.3 Å². The number of aryl methyl sites for hydroxylation is 1. The highest BCUT2D eigenvalue weighted by molar-refractivity contribution is 7.94. The lowest BCUT2D eigenvalue weighted by atomic mass is 10.1. The van der Waals surface area contributed by atoms with E-state index in [2.05, 4.69) is 35.0 Å². The molecule has 2 atom stereocenters. The number of nitrogens with zero attached hydrogens (tertiary/aromatic N) is 4. The smallest absolute Gasteiger partial charge is 0.295 e. The fourth-order valence-corrected chi connectivity index (χ4v) is 5.61. The maximum Gasteiger partial charge on any atom is 0.295 e. The molecule has 16 heteroatoms. The van der Waals surface area contributed by atoms with Gasteiger partial charge in [0.2, 0.25) is 17.8 Å². The van der Waals surface area contributed by atoms with E-state index in [4.69, 9.17) is 5.26 Å². The minimum atomic E-state index is -4.68. The van der Waals surface area contributed by atoms with Crippen molar-refractivity contribution in [2.24, 2.45) is 0 Å². The van der Waals surface area contributed by atoms with Gasteiger partial charge in [0.05, 0.1) is 24.3 Å². The van der Waals surface area contributed by atoms with Crippen LogP contribution in [0, 0.1) is 6.92 Å². The fraction of sp³-hybridized carbons (Fsp3) is 0.233. The van der Waals surface area contributed by atoms with E-state index in [1.54, 1.807) is 43.0 Å². The number of anilines is 5. The van der Waals surface area contributed by atoms with Gasteiger partial charge in [-0.1, -0.05) is 53.6 Å². The van der Waals surface area contributed by atoms with Crippen LogP contribution in [-0.4, -0.2) is 68.7 Å². The Morgan fingerprint density at radius 3 is 2.09 bits per heavy atom. The number of hydrogen-bond acceptors (Lipinski definition) is 14. The molecule has 1 heterocycles. The van der Waals surface area contributed by atoms with Crippen LogP contribution in [0.3, 0.4) is 0 Å². The van der Waals surface area contributed by atoms with E-state index in [1.807, 2.05) is 43.3 Å². The second kappa shape index (κ2) is 15.9. The van der Waals surface area contributed by atoms with Gasteiger partial charge in [-0.2, -0.15) is 23.4 Å². The van der Waals surface area contributed by atoms with E-state index >= 15 is 0 Å². The molecule has 0 radical (unpaired) electrons. The van der Waals surface area contributed by atoms with E-state index in [-0.39, 0.29) is 47.1 Å². The van der Waals surface area contributed by atoms with Crippen molar-refractivity contribution in [1.29, 1.82) is 0 Å². The largest absolute Gasteiger partial charge is 0.392 e. The molecular formula is C30H34N6O8S2. The first-order valence-electron chi connectivity index (χ1n) is 13.9. The quantitative estimate of drug-likeness (QED) is 0.0321. The third-order valence-corrected chi connectivity index (χ3v) is 7.79. The second-order valence-corrected chi connectivity index (χ2v) is 12.5. The van der Waals surface area contributed by atoms with Crippen molar-refractivity contribution in [3.8, 4) is 0 Å². The first-order chi connectivity index (χ1) is 21.9. The molecule has 4 aromatic rings. The van der Waals surface area contributed by atoms with Crippen LogP contribution in [0.25, 0.3) is 12.2 Å². The number of rotatable bonds is 15. The Bertz CT molecular complexity index is 1750. The van der Waals surface area contributed by atoms with Gasteiger partial charge in [0, 0.05) is 29.4 Å². The van der Waals surface area contributed by atoms with Crippen molar-refractivity contribution < 1.29 is 37.8 Å². The van der Waals surface area contributed by atoms with E-state index in [1.165, 1.54) is 18.2 Å². The Labute approximate surface area is 270 Å². The maximum atomic E-state index is 12.4. The summed E-state index contributed by atoms with van der Waals surface area (Å²) in [6, 6.07) is 18.9. The molecule has 6 N–H and O–H groups in total. The Kier molecular flexibility index (Phi) is 12.0. The lowest BCUT2D eigenvalue weighted by Gasteiger charge is -2.26. The predicted octanol–water partition coefficient (Wildman–Crippen LogP) is 5.08. The first kappa shape index (κ1) is 34.7. The Balaban J connectivity index is 1.71. The van der Waals surface area contributed by atoms with Gasteiger partial charge in [-0.25, -0.2) is 5.26 Å². The van der Waals surface area contributed by atoms with Crippen LogP contribution >= 0.6 is 12.0 Å². The molecule has 0 saturated carbocycles. The standard InChI is InChI=1S/C30H34N6O8S2/c1-19-9-10-22(26(15-19)45-44-43-39)11-12-23-13-14-25(16-27(23)46(40,41)42)32-29-33-28(31-24-7-5-4-6-8-24)34-30(35-29)36(17-20(2)37)18-21(3)38/h4-16,20-21,37-39H,17-18H2,1-3H3,(H,40,41,42)(H2,31,32,33,34,35)/b12-11+. The van der Waals surface area contributed by atoms with Crippen molar-refractivity contribution in [3.63, 3.8) is 0 Å². The molecule has 4 rings (SSSR count). The van der Waals surface area contributed by atoms with Gasteiger partial charge in [0.1, 0.15) is 4.90 Å².